The van der Waals surface area contributed by atoms with Gasteiger partial charge in [0.1, 0.15) is 11.2 Å². The Bertz CT molecular complexity index is 594. The number of halogens is 1. The molecule has 0 unspecified atom stereocenters. The number of ether oxygens (including phenoxy) is 1. The van der Waals surface area contributed by atoms with E-state index in [1.807, 2.05) is 0 Å². The SMILES string of the molecule is CCOC(=O)C(N=Nc1ccc(Br)cc1)=C(O)CSC#N. The molecule has 0 aromatic heterocycles. The molecule has 0 bridgehead atoms. The normalized spacial score (nSPS) is 11.9. The third-order valence-corrected chi connectivity index (χ3v) is 3.18. The van der Waals surface area contributed by atoms with E-state index in [9.17, 15) is 9.90 Å². The number of aliphatic hydroxyl groups excluding tert-OH is 1. The summed E-state index contributed by atoms with van der Waals surface area (Å²) in [5, 5.41) is 27.7. The van der Waals surface area contributed by atoms with E-state index in [1.165, 1.54) is 0 Å². The van der Waals surface area contributed by atoms with Crippen LogP contribution in [0.4, 0.5) is 5.69 Å². The quantitative estimate of drug-likeness (QED) is 0.268. The van der Waals surface area contributed by atoms with Crippen molar-refractivity contribution >= 4 is 39.3 Å². The zero-order chi connectivity index (χ0) is 15.7. The van der Waals surface area contributed by atoms with Crippen LogP contribution in [0.15, 0.2) is 50.4 Å². The molecule has 8 heteroatoms. The molecule has 0 fully saturated rings. The molecule has 110 valence electrons. The highest BCUT2D eigenvalue weighted by molar-refractivity contribution is 9.10. The molecule has 0 heterocycles. The maximum Gasteiger partial charge on any atom is 0.362 e. The number of thiocyanates is 1. The molecule has 0 radical (unpaired) electrons. The molecule has 0 amide bonds. The topological polar surface area (TPSA) is 95.0 Å². The molecule has 0 saturated carbocycles. The number of benzene rings is 1. The van der Waals surface area contributed by atoms with Gasteiger partial charge in [0.2, 0.25) is 5.70 Å². The molecular weight excluding hydrogens is 358 g/mol. The lowest BCUT2D eigenvalue weighted by molar-refractivity contribution is -0.138. The van der Waals surface area contributed by atoms with Crippen LogP contribution in [-0.2, 0) is 9.53 Å². The van der Waals surface area contributed by atoms with Gasteiger partial charge >= 0.3 is 5.97 Å². The summed E-state index contributed by atoms with van der Waals surface area (Å²) in [6.07, 6.45) is 0. The third kappa shape index (κ3) is 5.97. The number of carbonyl (C=O) groups excluding carboxylic acids is 1. The highest BCUT2D eigenvalue weighted by Gasteiger charge is 2.16. The van der Waals surface area contributed by atoms with Gasteiger partial charge in [0.25, 0.3) is 0 Å². The van der Waals surface area contributed by atoms with Gasteiger partial charge in [-0.2, -0.15) is 10.4 Å². The lowest BCUT2D eigenvalue weighted by atomic mass is 10.3. The van der Waals surface area contributed by atoms with Crippen LogP contribution in [0.3, 0.4) is 0 Å². The average molecular weight is 370 g/mol. The largest absolute Gasteiger partial charge is 0.509 e. The minimum atomic E-state index is -0.783. The number of thioether (sulfide) groups is 1. The van der Waals surface area contributed by atoms with E-state index in [1.54, 1.807) is 36.6 Å². The van der Waals surface area contributed by atoms with E-state index in [-0.39, 0.29) is 23.8 Å². The zero-order valence-corrected chi connectivity index (χ0v) is 13.5. The molecule has 21 heavy (non-hydrogen) atoms. The number of rotatable bonds is 6. The maximum absolute atomic E-state index is 11.7. The second-order valence-corrected chi connectivity index (χ2v) is 5.25. The summed E-state index contributed by atoms with van der Waals surface area (Å²) < 4.78 is 5.69. The van der Waals surface area contributed by atoms with Gasteiger partial charge in [-0.05, 0) is 43.0 Å². The number of aliphatic hydroxyl groups is 1. The Kier molecular flexibility index (Phi) is 7.50. The van der Waals surface area contributed by atoms with Crippen molar-refractivity contribution in [1.29, 1.82) is 5.26 Å². The molecule has 0 atom stereocenters. The lowest BCUT2D eigenvalue weighted by Gasteiger charge is -2.03. The molecule has 0 aliphatic rings. The van der Waals surface area contributed by atoms with E-state index in [4.69, 9.17) is 10.00 Å². The number of carbonyl (C=O) groups is 1. The van der Waals surface area contributed by atoms with Crippen molar-refractivity contribution in [3.8, 4) is 5.40 Å². The van der Waals surface area contributed by atoms with Gasteiger partial charge in [-0.3, -0.25) is 0 Å². The van der Waals surface area contributed by atoms with Crippen LogP contribution in [0.5, 0.6) is 0 Å². The monoisotopic (exact) mass is 369 g/mol. The summed E-state index contributed by atoms with van der Waals surface area (Å²) in [6, 6.07) is 6.93. The van der Waals surface area contributed by atoms with Crippen LogP contribution in [0.2, 0.25) is 0 Å². The number of hydrogen-bond donors (Lipinski definition) is 1. The first kappa shape index (κ1) is 17.2. The number of azo groups is 1. The van der Waals surface area contributed by atoms with E-state index >= 15 is 0 Å². The van der Waals surface area contributed by atoms with Crippen LogP contribution < -0.4 is 0 Å². The Labute approximate surface area is 134 Å². The molecule has 1 rings (SSSR count). The Hall–Kier alpha value is -1.85. The summed E-state index contributed by atoms with van der Waals surface area (Å²) in [7, 11) is 0. The predicted octanol–water partition coefficient (Wildman–Crippen LogP) is 4.08. The first-order chi connectivity index (χ1) is 10.1. The van der Waals surface area contributed by atoms with Crippen LogP contribution in [0.25, 0.3) is 0 Å². The van der Waals surface area contributed by atoms with Gasteiger partial charge in [-0.15, -0.1) is 5.11 Å². The first-order valence-electron chi connectivity index (χ1n) is 5.86. The zero-order valence-electron chi connectivity index (χ0n) is 11.1. The number of esters is 1. The van der Waals surface area contributed by atoms with Gasteiger partial charge < -0.3 is 9.84 Å². The number of hydrogen-bond acceptors (Lipinski definition) is 7. The van der Waals surface area contributed by atoms with Crippen molar-refractivity contribution in [2.45, 2.75) is 6.92 Å². The Balaban J connectivity index is 2.99. The fourth-order valence-corrected chi connectivity index (χ4v) is 1.80. The minimum absolute atomic E-state index is 0.0655. The first-order valence-corrected chi connectivity index (χ1v) is 7.63. The van der Waals surface area contributed by atoms with E-state index in [2.05, 4.69) is 26.2 Å². The van der Waals surface area contributed by atoms with Gasteiger partial charge in [-0.1, -0.05) is 15.9 Å². The highest BCUT2D eigenvalue weighted by atomic mass is 79.9. The Morgan fingerprint density at radius 3 is 2.71 bits per heavy atom. The lowest BCUT2D eigenvalue weighted by Crippen LogP contribution is -2.09. The van der Waals surface area contributed by atoms with Crippen LogP contribution in [-0.4, -0.2) is 23.4 Å². The third-order valence-electron chi connectivity index (χ3n) is 2.11. The van der Waals surface area contributed by atoms with Gasteiger partial charge in [-0.25, -0.2) is 4.79 Å². The molecule has 1 N–H and O–H groups in total. The molecule has 0 spiro atoms. The number of nitrogens with zero attached hydrogens (tertiary/aromatic N) is 3. The summed E-state index contributed by atoms with van der Waals surface area (Å²) in [5.41, 5.74) is 0.211. The van der Waals surface area contributed by atoms with E-state index < -0.39 is 5.97 Å². The molecule has 1 aromatic carbocycles. The van der Waals surface area contributed by atoms with Crippen molar-refractivity contribution in [3.63, 3.8) is 0 Å². The summed E-state index contributed by atoms with van der Waals surface area (Å²) >= 11 is 4.08. The summed E-state index contributed by atoms with van der Waals surface area (Å²) in [4.78, 5) is 11.7. The van der Waals surface area contributed by atoms with E-state index in [0.717, 1.165) is 16.2 Å². The Morgan fingerprint density at radius 2 is 2.14 bits per heavy atom. The molecule has 0 saturated heterocycles. The fourth-order valence-electron chi connectivity index (χ4n) is 1.20. The molecule has 0 aliphatic heterocycles. The standard InChI is InChI=1S/C13H12BrN3O3S/c1-2-20-13(19)12(11(18)7-21-8-15)17-16-10-5-3-9(14)4-6-10/h3-6,18H,2,7H2,1H3. The van der Waals surface area contributed by atoms with Crippen molar-refractivity contribution in [2.75, 3.05) is 12.4 Å². The van der Waals surface area contributed by atoms with Crippen molar-refractivity contribution in [1.82, 2.24) is 0 Å². The van der Waals surface area contributed by atoms with E-state index in [0.29, 0.717) is 5.69 Å². The van der Waals surface area contributed by atoms with Crippen LogP contribution in [0, 0.1) is 10.7 Å². The minimum Gasteiger partial charge on any atom is -0.509 e. The van der Waals surface area contributed by atoms with Crippen LogP contribution in [0.1, 0.15) is 6.92 Å². The number of nitriles is 1. The van der Waals surface area contributed by atoms with Gasteiger partial charge in [0.15, 0.2) is 0 Å². The second-order valence-electron chi connectivity index (χ2n) is 3.57. The molecule has 1 aromatic rings. The summed E-state index contributed by atoms with van der Waals surface area (Å²) in [6.45, 7) is 1.79. The highest BCUT2D eigenvalue weighted by Crippen LogP contribution is 2.19. The van der Waals surface area contributed by atoms with Gasteiger partial charge in [0, 0.05) is 4.47 Å². The molecular formula is C13H12BrN3O3S. The molecule has 6 nitrogen and oxygen atoms in total. The average Bonchev–Trinajstić information content (AvgIpc) is 2.47. The Morgan fingerprint density at radius 1 is 1.48 bits per heavy atom. The van der Waals surface area contributed by atoms with Crippen molar-refractivity contribution < 1.29 is 14.6 Å². The predicted molar refractivity (Wildman–Crippen MR) is 83.0 cm³/mol. The molecule has 0 aliphatic carbocycles. The van der Waals surface area contributed by atoms with Gasteiger partial charge in [0.05, 0.1) is 18.0 Å². The van der Waals surface area contributed by atoms with Crippen molar-refractivity contribution in [2.24, 2.45) is 10.2 Å². The maximum atomic E-state index is 11.7. The smallest absolute Gasteiger partial charge is 0.362 e. The van der Waals surface area contributed by atoms with Crippen molar-refractivity contribution in [3.05, 3.63) is 40.2 Å². The fraction of sp³-hybridized carbons (Fsp3) is 0.231. The van der Waals surface area contributed by atoms with Crippen LogP contribution >= 0.6 is 27.7 Å². The summed E-state index contributed by atoms with van der Waals surface area (Å²) in [5.74, 6) is -1.19. The second kappa shape index (κ2) is 9.15.